The summed E-state index contributed by atoms with van der Waals surface area (Å²) in [7, 11) is 1.61. The van der Waals surface area contributed by atoms with Crippen molar-refractivity contribution in [2.75, 3.05) is 11.1 Å². The smallest absolute Gasteiger partial charge is 0.280 e. The molecule has 4 N–H and O–H groups in total. The molecule has 1 saturated carbocycles. The molecule has 0 saturated heterocycles. The van der Waals surface area contributed by atoms with Crippen LogP contribution < -0.4 is 11.1 Å². The highest BCUT2D eigenvalue weighted by Gasteiger charge is 2.30. The van der Waals surface area contributed by atoms with Gasteiger partial charge in [0, 0.05) is 5.92 Å². The molecule has 0 unspecified atom stereocenters. The summed E-state index contributed by atoms with van der Waals surface area (Å²) in [6.45, 7) is 0. The van der Waals surface area contributed by atoms with E-state index in [0.717, 1.165) is 18.5 Å². The number of carbonyl (C=O) groups is 1. The number of nitrogens with two attached hydrogens (primary N) is 1. The molecule has 3 rings (SSSR count). The molecule has 0 spiro atoms. The van der Waals surface area contributed by atoms with Crippen LogP contribution >= 0.6 is 0 Å². The van der Waals surface area contributed by atoms with E-state index in [4.69, 9.17) is 5.73 Å². The molecular weight excluding hydrogens is 236 g/mol. The van der Waals surface area contributed by atoms with Crippen molar-refractivity contribution in [1.29, 1.82) is 0 Å². The molecule has 94 valence electrons. The van der Waals surface area contributed by atoms with Crippen molar-refractivity contribution >= 4 is 17.5 Å². The Kier molecular flexibility index (Phi) is 2.25. The summed E-state index contributed by atoms with van der Waals surface area (Å²) in [5.41, 5.74) is 7.30. The predicted molar refractivity (Wildman–Crippen MR) is 61.7 cm³/mol. The highest BCUT2D eigenvalue weighted by molar-refractivity contribution is 6.05. The van der Waals surface area contributed by atoms with Crippen molar-refractivity contribution in [1.82, 2.24) is 30.4 Å². The van der Waals surface area contributed by atoms with Crippen LogP contribution in [0, 0.1) is 0 Å². The highest BCUT2D eigenvalue weighted by atomic mass is 16.2. The second-order valence-corrected chi connectivity index (χ2v) is 4.23. The van der Waals surface area contributed by atoms with Gasteiger partial charge in [-0.3, -0.25) is 15.2 Å². The first-order valence-electron chi connectivity index (χ1n) is 5.54. The van der Waals surface area contributed by atoms with Gasteiger partial charge in [-0.25, -0.2) is 0 Å². The maximum atomic E-state index is 11.9. The molecule has 0 bridgehead atoms. The second kappa shape index (κ2) is 3.79. The predicted octanol–water partition coefficient (Wildman–Crippen LogP) is -0.355. The zero-order chi connectivity index (χ0) is 12.7. The number of nitrogens with zero attached hydrogens (tertiary/aromatic N) is 5. The topological polar surface area (TPSA) is 127 Å². The van der Waals surface area contributed by atoms with E-state index in [9.17, 15) is 4.79 Å². The van der Waals surface area contributed by atoms with Crippen molar-refractivity contribution in [3.63, 3.8) is 0 Å². The number of anilines is 2. The van der Waals surface area contributed by atoms with Gasteiger partial charge < -0.3 is 5.73 Å². The third-order valence-electron chi connectivity index (χ3n) is 2.77. The number of tetrazole rings is 1. The van der Waals surface area contributed by atoms with E-state index in [1.807, 2.05) is 0 Å². The molecule has 0 aromatic carbocycles. The van der Waals surface area contributed by atoms with Crippen LogP contribution in [0.3, 0.4) is 0 Å². The number of aromatic nitrogens is 6. The molecule has 1 fully saturated rings. The number of aryl methyl sites for hydroxylation is 1. The van der Waals surface area contributed by atoms with Gasteiger partial charge in [0.2, 0.25) is 0 Å². The van der Waals surface area contributed by atoms with Crippen LogP contribution in [0.2, 0.25) is 0 Å². The maximum absolute atomic E-state index is 11.9. The van der Waals surface area contributed by atoms with Gasteiger partial charge in [0.15, 0.2) is 5.69 Å². The third kappa shape index (κ3) is 1.79. The lowest BCUT2D eigenvalue weighted by molar-refractivity contribution is 0.102. The molecule has 2 aromatic heterocycles. The number of amides is 1. The number of rotatable bonds is 3. The lowest BCUT2D eigenvalue weighted by Gasteiger charge is -1.98. The summed E-state index contributed by atoms with van der Waals surface area (Å²) in [6, 6.07) is 0. The fourth-order valence-electron chi connectivity index (χ4n) is 1.72. The Balaban J connectivity index is 1.79. The summed E-state index contributed by atoms with van der Waals surface area (Å²) in [4.78, 5) is 13.2. The van der Waals surface area contributed by atoms with E-state index in [1.165, 1.54) is 4.80 Å². The maximum Gasteiger partial charge on any atom is 0.280 e. The summed E-state index contributed by atoms with van der Waals surface area (Å²) in [6.07, 6.45) is 2.17. The lowest BCUT2D eigenvalue weighted by Crippen LogP contribution is -2.15. The van der Waals surface area contributed by atoms with E-state index >= 15 is 0 Å². The van der Waals surface area contributed by atoms with Gasteiger partial charge in [0.1, 0.15) is 0 Å². The minimum atomic E-state index is -0.441. The van der Waals surface area contributed by atoms with E-state index in [1.54, 1.807) is 7.05 Å². The average Bonchev–Trinajstić information content (AvgIpc) is 2.98. The molecular formula is C9H12N8O. The zero-order valence-corrected chi connectivity index (χ0v) is 9.71. The van der Waals surface area contributed by atoms with Crippen LogP contribution in [0.1, 0.15) is 34.9 Å². The average molecular weight is 248 g/mol. The number of carbonyl (C=O) groups excluding carboxylic acids is 1. The molecule has 2 heterocycles. The molecule has 18 heavy (non-hydrogen) atoms. The number of hydrogen-bond donors (Lipinski definition) is 3. The van der Waals surface area contributed by atoms with E-state index in [0.29, 0.717) is 11.6 Å². The SMILES string of the molecule is Cn1nnc(NC(=O)c2n[nH]c(C3CC3)c2N)n1. The van der Waals surface area contributed by atoms with Crippen molar-refractivity contribution in [3.8, 4) is 0 Å². The fourth-order valence-corrected chi connectivity index (χ4v) is 1.72. The van der Waals surface area contributed by atoms with Crippen LogP contribution in [0.5, 0.6) is 0 Å². The second-order valence-electron chi connectivity index (χ2n) is 4.23. The van der Waals surface area contributed by atoms with Crippen LogP contribution in [0.4, 0.5) is 11.6 Å². The molecule has 9 heteroatoms. The molecule has 0 aliphatic heterocycles. The number of H-pyrrole nitrogens is 1. The van der Waals surface area contributed by atoms with E-state index in [-0.39, 0.29) is 11.6 Å². The normalized spacial score (nSPS) is 14.7. The molecule has 9 nitrogen and oxygen atoms in total. The first kappa shape index (κ1) is 10.7. The molecule has 2 aromatic rings. The molecule has 1 aliphatic rings. The Morgan fingerprint density at radius 3 is 2.94 bits per heavy atom. The van der Waals surface area contributed by atoms with Crippen LogP contribution in [-0.4, -0.2) is 36.3 Å². The minimum Gasteiger partial charge on any atom is -0.395 e. The first-order chi connectivity index (χ1) is 8.65. The van der Waals surface area contributed by atoms with Crippen molar-refractivity contribution in [2.45, 2.75) is 18.8 Å². The zero-order valence-electron chi connectivity index (χ0n) is 9.71. The molecule has 0 atom stereocenters. The van der Waals surface area contributed by atoms with E-state index < -0.39 is 5.91 Å². The Bertz CT molecular complexity index is 595. The van der Waals surface area contributed by atoms with Gasteiger partial charge in [-0.15, -0.1) is 5.10 Å². The Labute approximate surface area is 102 Å². The summed E-state index contributed by atoms with van der Waals surface area (Å²) in [5.74, 6) is 0.0928. The Morgan fingerprint density at radius 2 is 2.33 bits per heavy atom. The van der Waals surface area contributed by atoms with Gasteiger partial charge >= 0.3 is 0 Å². The lowest BCUT2D eigenvalue weighted by atomic mass is 10.2. The van der Waals surface area contributed by atoms with Crippen LogP contribution in [0.25, 0.3) is 0 Å². The van der Waals surface area contributed by atoms with Crippen molar-refractivity contribution < 1.29 is 4.79 Å². The molecule has 1 amide bonds. The quantitative estimate of drug-likeness (QED) is 0.680. The van der Waals surface area contributed by atoms with Crippen molar-refractivity contribution in [2.24, 2.45) is 7.05 Å². The first-order valence-corrected chi connectivity index (χ1v) is 5.54. The van der Waals surface area contributed by atoms with Crippen LogP contribution in [0.15, 0.2) is 0 Å². The molecule has 0 radical (unpaired) electrons. The van der Waals surface area contributed by atoms with Gasteiger partial charge in [-0.2, -0.15) is 9.90 Å². The largest absolute Gasteiger partial charge is 0.395 e. The highest BCUT2D eigenvalue weighted by Crippen LogP contribution is 2.42. The minimum absolute atomic E-state index is 0.123. The fraction of sp³-hybridized carbons (Fsp3) is 0.444. The third-order valence-corrected chi connectivity index (χ3v) is 2.77. The number of nitrogen functional groups attached to an aromatic ring is 1. The molecule has 1 aliphatic carbocycles. The Morgan fingerprint density at radius 1 is 1.56 bits per heavy atom. The number of nitrogens with one attached hydrogen (secondary N) is 2. The number of hydrogen-bond acceptors (Lipinski definition) is 6. The Hall–Kier alpha value is -2.45. The standard InChI is InChI=1S/C9H12N8O/c1-17-15-9(14-16-17)11-8(18)7-5(10)6(12-13-7)4-2-3-4/h4H,2-3,10H2,1H3,(H,12,13)(H,11,15,18). The van der Waals surface area contributed by atoms with Gasteiger partial charge in [0.25, 0.3) is 11.9 Å². The summed E-state index contributed by atoms with van der Waals surface area (Å²) < 4.78 is 0. The number of aromatic amines is 1. The van der Waals surface area contributed by atoms with Crippen molar-refractivity contribution in [3.05, 3.63) is 11.4 Å². The van der Waals surface area contributed by atoms with E-state index in [2.05, 4.69) is 30.9 Å². The van der Waals surface area contributed by atoms with Gasteiger partial charge in [0.05, 0.1) is 18.4 Å². The van der Waals surface area contributed by atoms with Crippen LogP contribution in [-0.2, 0) is 7.05 Å². The van der Waals surface area contributed by atoms with Gasteiger partial charge in [-0.1, -0.05) is 5.10 Å². The summed E-state index contributed by atoms with van der Waals surface area (Å²) in [5, 5.41) is 20.3. The van der Waals surface area contributed by atoms with Gasteiger partial charge in [-0.05, 0) is 18.1 Å². The monoisotopic (exact) mass is 248 g/mol. The summed E-state index contributed by atoms with van der Waals surface area (Å²) >= 11 is 0.